The molecule has 1 heterocycles. The summed E-state index contributed by atoms with van der Waals surface area (Å²) in [5.41, 5.74) is 4.12. The molecule has 0 aliphatic carbocycles. The van der Waals surface area contributed by atoms with Gasteiger partial charge in [0.15, 0.2) is 11.5 Å². The van der Waals surface area contributed by atoms with Crippen molar-refractivity contribution < 1.29 is 14.3 Å². The number of ether oxygens (including phenoxy) is 2. The fourth-order valence-electron chi connectivity index (χ4n) is 4.10. The molecule has 176 valence electrons. The number of aromatic nitrogens is 2. The van der Waals surface area contributed by atoms with Gasteiger partial charge in [0, 0.05) is 13.6 Å². The van der Waals surface area contributed by atoms with Crippen LogP contribution in [0.2, 0.25) is 0 Å². The van der Waals surface area contributed by atoms with Crippen molar-refractivity contribution in [1.29, 1.82) is 0 Å². The Bertz CT molecular complexity index is 1250. The number of carbonyl (C=O) groups excluding carboxylic acids is 1. The zero-order chi connectivity index (χ0) is 23.9. The largest absolute Gasteiger partial charge is 0.493 e. The number of nitrogens with one attached hydrogen (secondary N) is 2. The van der Waals surface area contributed by atoms with E-state index in [1.807, 2.05) is 72.3 Å². The highest BCUT2D eigenvalue weighted by molar-refractivity contribution is 5.77. The molecule has 4 rings (SSSR count). The van der Waals surface area contributed by atoms with Crippen molar-refractivity contribution in [2.45, 2.75) is 18.9 Å². The maximum absolute atomic E-state index is 12.9. The fraction of sp³-hybridized carbons (Fsp3) is 0.259. The lowest BCUT2D eigenvalue weighted by Crippen LogP contribution is -2.40. The van der Waals surface area contributed by atoms with Crippen LogP contribution >= 0.6 is 0 Å². The fourth-order valence-corrected chi connectivity index (χ4v) is 4.10. The second kappa shape index (κ2) is 10.7. The number of rotatable bonds is 9. The number of methoxy groups -OCH3 is 2. The van der Waals surface area contributed by atoms with E-state index < -0.39 is 0 Å². The van der Waals surface area contributed by atoms with E-state index in [9.17, 15) is 4.79 Å². The molecule has 0 spiro atoms. The molecule has 1 unspecified atom stereocenters. The highest BCUT2D eigenvalue weighted by Gasteiger charge is 2.21. The molecule has 2 N–H and O–H groups in total. The van der Waals surface area contributed by atoms with Crippen LogP contribution in [0.3, 0.4) is 0 Å². The second-order valence-corrected chi connectivity index (χ2v) is 8.10. The van der Waals surface area contributed by atoms with Gasteiger partial charge in [0.25, 0.3) is 0 Å². The number of urea groups is 1. The number of nitrogens with zero attached hydrogens (tertiary/aromatic N) is 2. The van der Waals surface area contributed by atoms with E-state index in [1.54, 1.807) is 14.2 Å². The van der Waals surface area contributed by atoms with Crippen molar-refractivity contribution in [2.75, 3.05) is 20.8 Å². The Balaban J connectivity index is 1.45. The monoisotopic (exact) mass is 458 g/mol. The van der Waals surface area contributed by atoms with E-state index in [2.05, 4.69) is 22.8 Å². The van der Waals surface area contributed by atoms with Gasteiger partial charge < -0.3 is 24.7 Å². The number of carbonyl (C=O) groups is 1. The third kappa shape index (κ3) is 5.31. The molecule has 0 radical (unpaired) electrons. The maximum atomic E-state index is 12.9. The number of imidazole rings is 1. The molecular weight excluding hydrogens is 428 g/mol. The quantitative estimate of drug-likeness (QED) is 0.389. The van der Waals surface area contributed by atoms with E-state index in [4.69, 9.17) is 14.5 Å². The van der Waals surface area contributed by atoms with Crippen molar-refractivity contribution in [3.05, 3.63) is 89.7 Å². The second-order valence-electron chi connectivity index (χ2n) is 8.10. The summed E-state index contributed by atoms with van der Waals surface area (Å²) in [5.74, 6) is 2.18. The molecule has 0 aliphatic heterocycles. The third-order valence-electron chi connectivity index (χ3n) is 5.87. The molecule has 1 atom stereocenters. The summed E-state index contributed by atoms with van der Waals surface area (Å²) in [6.07, 6.45) is 1.31. The minimum atomic E-state index is -0.277. The van der Waals surface area contributed by atoms with Crippen molar-refractivity contribution in [3.8, 4) is 11.5 Å². The first-order chi connectivity index (χ1) is 16.6. The van der Waals surface area contributed by atoms with Crippen LogP contribution in [0.15, 0.2) is 72.8 Å². The van der Waals surface area contributed by atoms with Gasteiger partial charge in [-0.15, -0.1) is 0 Å². The first kappa shape index (κ1) is 23.2. The Kier molecular flexibility index (Phi) is 7.32. The smallest absolute Gasteiger partial charge is 0.315 e. The third-order valence-corrected chi connectivity index (χ3v) is 5.87. The van der Waals surface area contributed by atoms with Gasteiger partial charge in [0.05, 0.1) is 31.3 Å². The predicted octanol–water partition coefficient (Wildman–Crippen LogP) is 4.42. The van der Waals surface area contributed by atoms with Crippen molar-refractivity contribution in [3.63, 3.8) is 0 Å². The van der Waals surface area contributed by atoms with E-state index in [1.165, 1.54) is 0 Å². The SMILES string of the molecule is COc1ccc(CCNC(=O)NC(Cc2ccccc2)c2nc3ccccc3n2C)cc1OC. The number of hydrogen-bond acceptors (Lipinski definition) is 4. The van der Waals surface area contributed by atoms with E-state index >= 15 is 0 Å². The van der Waals surface area contributed by atoms with E-state index in [-0.39, 0.29) is 12.1 Å². The average Bonchev–Trinajstić information content (AvgIpc) is 3.20. The molecular formula is C27H30N4O3. The van der Waals surface area contributed by atoms with Crippen molar-refractivity contribution in [2.24, 2.45) is 7.05 Å². The molecule has 4 aromatic rings. The zero-order valence-corrected chi connectivity index (χ0v) is 19.7. The van der Waals surface area contributed by atoms with Gasteiger partial charge in [0.1, 0.15) is 5.82 Å². The Morgan fingerprint density at radius 2 is 1.68 bits per heavy atom. The Labute approximate surface area is 199 Å². The summed E-state index contributed by atoms with van der Waals surface area (Å²) in [6, 6.07) is 23.4. The molecule has 2 amide bonds. The summed E-state index contributed by atoms with van der Waals surface area (Å²) in [6.45, 7) is 0.488. The molecule has 0 saturated heterocycles. The van der Waals surface area contributed by atoms with Crippen LogP contribution in [0.1, 0.15) is 23.0 Å². The van der Waals surface area contributed by atoms with Gasteiger partial charge in [-0.2, -0.15) is 0 Å². The van der Waals surface area contributed by atoms with Gasteiger partial charge in [0.2, 0.25) is 0 Å². The first-order valence-corrected chi connectivity index (χ1v) is 11.3. The van der Waals surface area contributed by atoms with Crippen LogP contribution in [-0.2, 0) is 19.9 Å². The average molecular weight is 459 g/mol. The molecule has 0 aliphatic rings. The standard InChI is InChI=1S/C27H30N4O3/c1-31-23-12-8-7-11-21(23)29-26(31)22(17-19-9-5-4-6-10-19)30-27(32)28-16-15-20-13-14-24(33-2)25(18-20)34-3/h4-14,18,22H,15-17H2,1-3H3,(H2,28,30,32). The Morgan fingerprint density at radius 3 is 2.41 bits per heavy atom. The summed E-state index contributed by atoms with van der Waals surface area (Å²) < 4.78 is 12.7. The minimum Gasteiger partial charge on any atom is -0.493 e. The normalized spacial score (nSPS) is 11.7. The number of aryl methyl sites for hydroxylation is 1. The molecule has 0 saturated carbocycles. The molecule has 0 fully saturated rings. The van der Waals surface area contributed by atoms with Gasteiger partial charge in [-0.1, -0.05) is 48.5 Å². The Hall–Kier alpha value is -4.00. The zero-order valence-electron chi connectivity index (χ0n) is 19.7. The van der Waals surface area contributed by atoms with Crippen LogP contribution in [0.25, 0.3) is 11.0 Å². The lowest BCUT2D eigenvalue weighted by molar-refractivity contribution is 0.236. The lowest BCUT2D eigenvalue weighted by Gasteiger charge is -2.19. The number of amides is 2. The molecule has 0 bridgehead atoms. The Morgan fingerprint density at radius 1 is 0.941 bits per heavy atom. The van der Waals surface area contributed by atoms with Crippen LogP contribution < -0.4 is 20.1 Å². The van der Waals surface area contributed by atoms with Crippen molar-refractivity contribution in [1.82, 2.24) is 20.2 Å². The highest BCUT2D eigenvalue weighted by Crippen LogP contribution is 2.27. The number of benzene rings is 3. The summed E-state index contributed by atoms with van der Waals surface area (Å²) in [7, 11) is 5.21. The van der Waals surface area contributed by atoms with Crippen LogP contribution in [0, 0.1) is 0 Å². The van der Waals surface area contributed by atoms with E-state index in [0.29, 0.717) is 30.9 Å². The van der Waals surface area contributed by atoms with Gasteiger partial charge >= 0.3 is 6.03 Å². The number of fused-ring (bicyclic) bond motifs is 1. The lowest BCUT2D eigenvalue weighted by atomic mass is 10.1. The van der Waals surface area contributed by atoms with Crippen LogP contribution in [-0.4, -0.2) is 36.3 Å². The number of para-hydroxylation sites is 2. The van der Waals surface area contributed by atoms with Gasteiger partial charge in [-0.3, -0.25) is 0 Å². The molecule has 34 heavy (non-hydrogen) atoms. The molecule has 1 aromatic heterocycles. The molecule has 7 heteroatoms. The van der Waals surface area contributed by atoms with E-state index in [0.717, 1.165) is 28.0 Å². The first-order valence-electron chi connectivity index (χ1n) is 11.3. The predicted molar refractivity (Wildman–Crippen MR) is 133 cm³/mol. The summed E-state index contributed by atoms with van der Waals surface area (Å²) in [5, 5.41) is 6.11. The maximum Gasteiger partial charge on any atom is 0.315 e. The number of hydrogen-bond donors (Lipinski definition) is 2. The van der Waals surface area contributed by atoms with Crippen LogP contribution in [0.4, 0.5) is 4.79 Å². The molecule has 3 aromatic carbocycles. The highest BCUT2D eigenvalue weighted by atomic mass is 16.5. The van der Waals surface area contributed by atoms with Gasteiger partial charge in [-0.25, -0.2) is 9.78 Å². The summed E-state index contributed by atoms with van der Waals surface area (Å²) >= 11 is 0. The van der Waals surface area contributed by atoms with Gasteiger partial charge in [-0.05, 0) is 48.2 Å². The van der Waals surface area contributed by atoms with Crippen molar-refractivity contribution >= 4 is 17.1 Å². The topological polar surface area (TPSA) is 77.4 Å². The van der Waals surface area contributed by atoms with Crippen LogP contribution in [0.5, 0.6) is 11.5 Å². The summed E-state index contributed by atoms with van der Waals surface area (Å²) in [4.78, 5) is 17.7. The minimum absolute atomic E-state index is 0.228. The molecule has 7 nitrogen and oxygen atoms in total.